The van der Waals surface area contributed by atoms with Gasteiger partial charge in [-0.1, -0.05) is 42.5 Å². The molecule has 0 bridgehead atoms. The van der Waals surface area contributed by atoms with Gasteiger partial charge in [-0.05, 0) is 46.1 Å². The summed E-state index contributed by atoms with van der Waals surface area (Å²) < 4.78 is 18.5. The molecule has 4 heteroatoms. The van der Waals surface area contributed by atoms with Crippen LogP contribution in [0, 0.1) is 6.92 Å². The van der Waals surface area contributed by atoms with E-state index in [0.717, 1.165) is 33.3 Å². The summed E-state index contributed by atoms with van der Waals surface area (Å²) in [4.78, 5) is 0. The third kappa shape index (κ3) is 2.61. The first-order chi connectivity index (χ1) is 11.8. The fourth-order valence-electron chi connectivity index (χ4n) is 3.23. The van der Waals surface area contributed by atoms with Crippen LogP contribution in [-0.2, 0) is 9.31 Å². The summed E-state index contributed by atoms with van der Waals surface area (Å²) in [6, 6.07) is 16.4. The van der Waals surface area contributed by atoms with E-state index >= 15 is 0 Å². The Hall–Kier alpha value is -2.04. The first-order valence-corrected chi connectivity index (χ1v) is 8.73. The van der Waals surface area contributed by atoms with Crippen molar-refractivity contribution in [2.45, 2.75) is 45.8 Å². The first-order valence-electron chi connectivity index (χ1n) is 8.73. The van der Waals surface area contributed by atoms with Crippen LogP contribution < -0.4 is 5.46 Å². The minimum atomic E-state index is -0.375. The molecule has 0 radical (unpaired) electrons. The first kappa shape index (κ1) is 16.4. The minimum absolute atomic E-state index is 0.346. The number of fused-ring (bicyclic) bond motifs is 1. The molecule has 2 aromatic carbocycles. The Morgan fingerprint density at radius 1 is 0.840 bits per heavy atom. The summed E-state index contributed by atoms with van der Waals surface area (Å²) in [5.41, 5.74) is 3.40. The van der Waals surface area contributed by atoms with Crippen molar-refractivity contribution < 1.29 is 13.7 Å². The summed E-state index contributed by atoms with van der Waals surface area (Å²) >= 11 is 0. The smallest absolute Gasteiger partial charge is 0.456 e. The molecule has 4 rings (SSSR count). The van der Waals surface area contributed by atoms with E-state index in [-0.39, 0.29) is 18.3 Å². The van der Waals surface area contributed by atoms with E-state index in [4.69, 9.17) is 13.7 Å². The van der Waals surface area contributed by atoms with Gasteiger partial charge >= 0.3 is 7.12 Å². The van der Waals surface area contributed by atoms with Crippen LogP contribution >= 0.6 is 0 Å². The van der Waals surface area contributed by atoms with Crippen molar-refractivity contribution in [3.63, 3.8) is 0 Å². The van der Waals surface area contributed by atoms with Gasteiger partial charge in [0.25, 0.3) is 0 Å². The molecule has 25 heavy (non-hydrogen) atoms. The van der Waals surface area contributed by atoms with Gasteiger partial charge in [0.05, 0.1) is 11.2 Å². The fourth-order valence-corrected chi connectivity index (χ4v) is 3.23. The molecule has 0 saturated carbocycles. The van der Waals surface area contributed by atoms with Crippen LogP contribution in [-0.4, -0.2) is 18.3 Å². The average Bonchev–Trinajstić information content (AvgIpc) is 3.01. The van der Waals surface area contributed by atoms with E-state index in [1.807, 2.05) is 24.3 Å². The van der Waals surface area contributed by atoms with Crippen molar-refractivity contribution in [1.82, 2.24) is 0 Å². The Kier molecular flexibility index (Phi) is 3.60. The summed E-state index contributed by atoms with van der Waals surface area (Å²) in [5.74, 6) is 0.918. The molecule has 0 aliphatic carbocycles. The van der Waals surface area contributed by atoms with Gasteiger partial charge in [-0.25, -0.2) is 0 Å². The average molecular weight is 334 g/mol. The van der Waals surface area contributed by atoms with E-state index in [9.17, 15) is 0 Å². The van der Waals surface area contributed by atoms with E-state index < -0.39 is 0 Å². The Bertz CT molecular complexity index is 909. The lowest BCUT2D eigenvalue weighted by molar-refractivity contribution is 0.00578. The molecular weight excluding hydrogens is 311 g/mol. The lowest BCUT2D eigenvalue weighted by Crippen LogP contribution is -2.41. The summed E-state index contributed by atoms with van der Waals surface area (Å²) in [6.07, 6.45) is 0. The van der Waals surface area contributed by atoms with Crippen LogP contribution in [0.2, 0.25) is 0 Å². The van der Waals surface area contributed by atoms with Crippen molar-refractivity contribution in [2.75, 3.05) is 0 Å². The van der Waals surface area contributed by atoms with Crippen molar-refractivity contribution in [3.8, 4) is 11.3 Å². The Morgan fingerprint density at radius 2 is 1.48 bits per heavy atom. The maximum atomic E-state index is 6.18. The van der Waals surface area contributed by atoms with Crippen LogP contribution in [0.3, 0.4) is 0 Å². The lowest BCUT2D eigenvalue weighted by Gasteiger charge is -2.32. The molecule has 1 aliphatic rings. The maximum Gasteiger partial charge on any atom is 0.494 e. The minimum Gasteiger partial charge on any atom is -0.456 e. The topological polar surface area (TPSA) is 31.6 Å². The van der Waals surface area contributed by atoms with E-state index in [2.05, 4.69) is 58.9 Å². The second-order valence-electron chi connectivity index (χ2n) is 7.77. The van der Waals surface area contributed by atoms with Crippen molar-refractivity contribution in [2.24, 2.45) is 0 Å². The molecule has 0 atom stereocenters. The predicted molar refractivity (Wildman–Crippen MR) is 102 cm³/mol. The van der Waals surface area contributed by atoms with E-state index in [0.29, 0.717) is 0 Å². The molecule has 1 aliphatic heterocycles. The van der Waals surface area contributed by atoms with Gasteiger partial charge in [-0.15, -0.1) is 0 Å². The normalized spacial score (nSPS) is 18.8. The number of hydrogen-bond acceptors (Lipinski definition) is 3. The fraction of sp³-hybridized carbons (Fsp3) is 0.333. The number of hydrogen-bond donors (Lipinski definition) is 0. The highest BCUT2D eigenvalue weighted by molar-refractivity contribution is 6.62. The summed E-state index contributed by atoms with van der Waals surface area (Å²) in [7, 11) is -0.375. The Morgan fingerprint density at radius 3 is 2.12 bits per heavy atom. The standard InChI is InChI=1S/C21H23BO3/c1-14-17-12-11-16(22-24-20(2,3)21(4,5)25-22)13-18(17)23-19(14)15-9-7-6-8-10-15/h6-13H,1-5H3. The Balaban J connectivity index is 1.75. The number of rotatable bonds is 2. The van der Waals surface area contributed by atoms with Gasteiger partial charge in [0.1, 0.15) is 11.3 Å². The van der Waals surface area contributed by atoms with Crippen molar-refractivity contribution >= 4 is 23.6 Å². The van der Waals surface area contributed by atoms with Crippen molar-refractivity contribution in [1.29, 1.82) is 0 Å². The third-order valence-electron chi connectivity index (χ3n) is 5.52. The van der Waals surface area contributed by atoms with Gasteiger partial charge in [-0.2, -0.15) is 0 Å². The maximum absolute atomic E-state index is 6.18. The molecule has 0 spiro atoms. The molecule has 1 fully saturated rings. The van der Waals surface area contributed by atoms with Gasteiger partial charge in [0.15, 0.2) is 0 Å². The third-order valence-corrected chi connectivity index (χ3v) is 5.52. The SMILES string of the molecule is Cc1c(-c2ccccc2)oc2cc(B3OC(C)(C)C(C)(C)O3)ccc12. The Labute approximate surface area is 149 Å². The number of furan rings is 1. The summed E-state index contributed by atoms with van der Waals surface area (Å²) in [6.45, 7) is 10.4. The van der Waals surface area contributed by atoms with Crippen molar-refractivity contribution in [3.05, 3.63) is 54.1 Å². The highest BCUT2D eigenvalue weighted by Gasteiger charge is 2.51. The zero-order chi connectivity index (χ0) is 17.8. The quantitative estimate of drug-likeness (QED) is 0.636. The van der Waals surface area contributed by atoms with Gasteiger partial charge in [0, 0.05) is 16.5 Å². The molecule has 2 heterocycles. The largest absolute Gasteiger partial charge is 0.494 e. The second-order valence-corrected chi connectivity index (χ2v) is 7.77. The highest BCUT2D eigenvalue weighted by Crippen LogP contribution is 2.37. The molecule has 1 saturated heterocycles. The van der Waals surface area contributed by atoms with Crippen LogP contribution in [0.4, 0.5) is 0 Å². The second kappa shape index (κ2) is 5.48. The molecule has 3 nitrogen and oxygen atoms in total. The predicted octanol–water partition coefficient (Wildman–Crippen LogP) is 4.71. The summed E-state index contributed by atoms with van der Waals surface area (Å²) in [5, 5.41) is 1.12. The lowest BCUT2D eigenvalue weighted by atomic mass is 9.79. The van der Waals surface area contributed by atoms with Gasteiger partial charge in [-0.3, -0.25) is 0 Å². The van der Waals surface area contributed by atoms with Crippen LogP contribution in [0.1, 0.15) is 33.3 Å². The van der Waals surface area contributed by atoms with Crippen LogP contribution in [0.15, 0.2) is 52.9 Å². The van der Waals surface area contributed by atoms with Gasteiger partial charge in [0.2, 0.25) is 0 Å². The van der Waals surface area contributed by atoms with Crippen LogP contribution in [0.25, 0.3) is 22.3 Å². The zero-order valence-corrected chi connectivity index (χ0v) is 15.4. The molecule has 0 unspecified atom stereocenters. The van der Waals surface area contributed by atoms with E-state index in [1.54, 1.807) is 0 Å². The van der Waals surface area contributed by atoms with Gasteiger partial charge < -0.3 is 13.7 Å². The van der Waals surface area contributed by atoms with E-state index in [1.165, 1.54) is 0 Å². The molecule has 1 aromatic heterocycles. The molecule has 0 N–H and O–H groups in total. The zero-order valence-electron chi connectivity index (χ0n) is 15.4. The molecular formula is C21H23BO3. The monoisotopic (exact) mass is 334 g/mol. The molecule has 3 aromatic rings. The number of benzene rings is 2. The molecule has 0 amide bonds. The number of aryl methyl sites for hydroxylation is 1. The highest BCUT2D eigenvalue weighted by atomic mass is 16.7. The van der Waals surface area contributed by atoms with Crippen LogP contribution in [0.5, 0.6) is 0 Å². The molecule has 128 valence electrons.